The van der Waals surface area contributed by atoms with Crippen LogP contribution in [0.5, 0.6) is 5.95 Å². The van der Waals surface area contributed by atoms with Crippen molar-refractivity contribution in [2.45, 2.75) is 5.03 Å². The first-order valence-electron chi connectivity index (χ1n) is 11.0. The Balaban J connectivity index is 1.53. The predicted octanol–water partition coefficient (Wildman–Crippen LogP) is 4.60. The second kappa shape index (κ2) is 10.3. The molecule has 0 bridgehead atoms. The van der Waals surface area contributed by atoms with E-state index < -0.39 is 11.7 Å². The Hall–Kier alpha value is -4.74. The van der Waals surface area contributed by atoms with Crippen LogP contribution in [0.2, 0.25) is 0 Å². The van der Waals surface area contributed by atoms with Gasteiger partial charge in [0.25, 0.3) is 0 Å². The van der Waals surface area contributed by atoms with E-state index in [1.807, 2.05) is 72.8 Å². The fourth-order valence-corrected chi connectivity index (χ4v) is 4.63. The molecule has 0 amide bonds. The summed E-state index contributed by atoms with van der Waals surface area (Å²) in [5.74, 6) is -1.43. The van der Waals surface area contributed by atoms with Gasteiger partial charge in [-0.15, -0.1) is 0 Å². The fourth-order valence-electron chi connectivity index (χ4n) is 3.76. The van der Waals surface area contributed by atoms with Gasteiger partial charge in [0, 0.05) is 23.3 Å². The molecule has 0 saturated heterocycles. The molecule has 7 nitrogen and oxygen atoms in total. The van der Waals surface area contributed by atoms with Crippen molar-refractivity contribution in [3.8, 4) is 40.1 Å². The SMILES string of the molecule is N#Cc1c(-c2ccccc2)cc(-c2ccccc2)nc1SCC(=O)c1c([O-])on[n+]1-c1ccccc1. The summed E-state index contributed by atoms with van der Waals surface area (Å²) in [6.07, 6.45) is 0. The van der Waals surface area contributed by atoms with Gasteiger partial charge in [0.15, 0.2) is 5.95 Å². The summed E-state index contributed by atoms with van der Waals surface area (Å²) >= 11 is 1.10. The number of nitriles is 1. The van der Waals surface area contributed by atoms with Crippen molar-refractivity contribution in [2.75, 3.05) is 5.75 Å². The van der Waals surface area contributed by atoms with Gasteiger partial charge in [0.05, 0.1) is 22.3 Å². The number of ketones is 1. The second-order valence-electron chi connectivity index (χ2n) is 7.75. The molecular weight excluding hydrogens is 472 g/mol. The molecule has 5 aromatic rings. The number of hydrogen-bond donors (Lipinski definition) is 0. The molecule has 2 heterocycles. The number of Topliss-reactive ketones (excluding diaryl/α,β-unsaturated/α-hetero) is 1. The molecule has 0 aliphatic carbocycles. The highest BCUT2D eigenvalue weighted by atomic mass is 32.2. The molecule has 0 spiro atoms. The van der Waals surface area contributed by atoms with E-state index in [0.29, 0.717) is 22.0 Å². The third-order valence-corrected chi connectivity index (χ3v) is 6.44. The first-order chi connectivity index (χ1) is 17.7. The van der Waals surface area contributed by atoms with Gasteiger partial charge in [-0.2, -0.15) is 5.26 Å². The van der Waals surface area contributed by atoms with Crippen LogP contribution >= 0.6 is 11.8 Å². The maximum Gasteiger partial charge on any atom is 0.307 e. The topological polar surface area (TPSA) is 107 Å². The highest BCUT2D eigenvalue weighted by Gasteiger charge is 2.28. The number of carbonyl (C=O) groups excluding carboxylic acids is 1. The van der Waals surface area contributed by atoms with Crippen molar-refractivity contribution in [1.29, 1.82) is 5.26 Å². The van der Waals surface area contributed by atoms with Gasteiger partial charge >= 0.3 is 5.69 Å². The number of benzene rings is 3. The summed E-state index contributed by atoms with van der Waals surface area (Å²) in [5.41, 5.74) is 3.86. The van der Waals surface area contributed by atoms with Crippen molar-refractivity contribution in [1.82, 2.24) is 10.3 Å². The van der Waals surface area contributed by atoms with Gasteiger partial charge in [-0.05, 0) is 16.3 Å². The lowest BCUT2D eigenvalue weighted by molar-refractivity contribution is -0.672. The molecular formula is C28H18N4O3S. The number of rotatable bonds is 7. The minimum atomic E-state index is -0.819. The normalized spacial score (nSPS) is 10.6. The van der Waals surface area contributed by atoms with Gasteiger partial charge in [-0.1, -0.05) is 90.6 Å². The van der Waals surface area contributed by atoms with Gasteiger partial charge in [0.2, 0.25) is 11.5 Å². The Kier molecular flexibility index (Phi) is 6.56. The van der Waals surface area contributed by atoms with Crippen LogP contribution < -0.4 is 9.79 Å². The van der Waals surface area contributed by atoms with Crippen LogP contribution in [0.3, 0.4) is 0 Å². The number of thioether (sulfide) groups is 1. The lowest BCUT2D eigenvalue weighted by Gasteiger charge is -2.12. The summed E-state index contributed by atoms with van der Waals surface area (Å²) in [7, 11) is 0. The van der Waals surface area contributed by atoms with Crippen molar-refractivity contribution in [3.05, 3.63) is 108 Å². The highest BCUT2D eigenvalue weighted by molar-refractivity contribution is 8.00. The number of pyridine rings is 1. The molecule has 36 heavy (non-hydrogen) atoms. The zero-order valence-corrected chi connectivity index (χ0v) is 19.7. The molecule has 3 aromatic carbocycles. The van der Waals surface area contributed by atoms with Crippen LogP contribution in [-0.2, 0) is 0 Å². The Morgan fingerprint density at radius 3 is 2.19 bits per heavy atom. The molecule has 0 N–H and O–H groups in total. The maximum atomic E-state index is 13.2. The third-order valence-electron chi connectivity index (χ3n) is 5.47. The van der Waals surface area contributed by atoms with Crippen LogP contribution in [0.4, 0.5) is 0 Å². The zero-order valence-electron chi connectivity index (χ0n) is 18.9. The molecule has 0 aliphatic heterocycles. The van der Waals surface area contributed by atoms with E-state index in [2.05, 4.69) is 11.3 Å². The van der Waals surface area contributed by atoms with Gasteiger partial charge < -0.3 is 9.63 Å². The predicted molar refractivity (Wildman–Crippen MR) is 132 cm³/mol. The molecule has 0 fully saturated rings. The Morgan fingerprint density at radius 1 is 0.944 bits per heavy atom. The number of para-hydroxylation sites is 1. The van der Waals surface area contributed by atoms with Gasteiger partial charge in [-0.25, -0.2) is 4.98 Å². The average Bonchev–Trinajstić information content (AvgIpc) is 3.34. The molecule has 174 valence electrons. The van der Waals surface area contributed by atoms with E-state index in [1.54, 1.807) is 24.3 Å². The van der Waals surface area contributed by atoms with E-state index in [9.17, 15) is 15.2 Å². The van der Waals surface area contributed by atoms with Crippen molar-refractivity contribution in [2.24, 2.45) is 0 Å². The van der Waals surface area contributed by atoms with E-state index in [-0.39, 0.29) is 11.4 Å². The molecule has 0 aliphatic rings. The third kappa shape index (κ3) is 4.60. The van der Waals surface area contributed by atoms with Crippen molar-refractivity contribution >= 4 is 17.5 Å². The van der Waals surface area contributed by atoms with Gasteiger partial charge in [-0.3, -0.25) is 4.79 Å². The molecule has 0 radical (unpaired) electrons. The zero-order chi connectivity index (χ0) is 24.9. The van der Waals surface area contributed by atoms with Crippen LogP contribution in [0.15, 0.2) is 107 Å². The quantitative estimate of drug-likeness (QED) is 0.186. The average molecular weight is 491 g/mol. The smallest absolute Gasteiger partial charge is 0.307 e. The Labute approximate surface area is 211 Å². The van der Waals surface area contributed by atoms with Crippen molar-refractivity contribution < 1.29 is 19.1 Å². The lowest BCUT2D eigenvalue weighted by atomic mass is 9.99. The summed E-state index contributed by atoms with van der Waals surface area (Å²) in [4.78, 5) is 17.9. The summed E-state index contributed by atoms with van der Waals surface area (Å²) in [5, 5.41) is 26.5. The molecule has 0 saturated carbocycles. The Bertz CT molecular complexity index is 1560. The summed E-state index contributed by atoms with van der Waals surface area (Å²) in [6.45, 7) is 0. The molecule has 2 aromatic heterocycles. The van der Waals surface area contributed by atoms with Gasteiger partial charge in [0.1, 0.15) is 11.1 Å². The monoisotopic (exact) mass is 490 g/mol. The van der Waals surface area contributed by atoms with Crippen molar-refractivity contribution in [3.63, 3.8) is 0 Å². The standard InChI is InChI=1S/C28H18N4O3S/c29-17-23-22(19-10-4-1-5-11-19)16-24(20-12-6-2-7-13-20)30-27(23)36-18-25(33)26-28(34)35-31-32(26)21-14-8-3-9-15-21/h1-16H,18H2. The maximum absolute atomic E-state index is 13.2. The van der Waals surface area contributed by atoms with E-state index >= 15 is 0 Å². The molecule has 0 unspecified atom stereocenters. The van der Waals surface area contributed by atoms with E-state index in [4.69, 9.17) is 9.51 Å². The van der Waals surface area contributed by atoms with Crippen LogP contribution in [0.1, 0.15) is 16.1 Å². The van der Waals surface area contributed by atoms with Crippen LogP contribution in [0.25, 0.3) is 28.1 Å². The molecule has 8 heteroatoms. The van der Waals surface area contributed by atoms with Crippen LogP contribution in [-0.4, -0.2) is 21.8 Å². The first kappa shape index (κ1) is 23.0. The highest BCUT2D eigenvalue weighted by Crippen LogP contribution is 2.34. The van der Waals surface area contributed by atoms with Crippen LogP contribution in [0, 0.1) is 11.3 Å². The largest absolute Gasteiger partial charge is 0.539 e. The second-order valence-corrected chi connectivity index (χ2v) is 8.71. The fraction of sp³-hybridized carbons (Fsp3) is 0.0357. The summed E-state index contributed by atoms with van der Waals surface area (Å²) in [6, 6.07) is 32.1. The van der Waals surface area contributed by atoms with E-state index in [0.717, 1.165) is 28.5 Å². The number of aromatic nitrogens is 3. The minimum absolute atomic E-state index is 0.128. The number of hydrogen-bond acceptors (Lipinski definition) is 7. The first-order valence-corrected chi connectivity index (χ1v) is 12.0. The summed E-state index contributed by atoms with van der Waals surface area (Å²) < 4.78 is 5.98. The molecule has 5 rings (SSSR count). The lowest BCUT2D eigenvalue weighted by Crippen LogP contribution is -2.39. The number of nitrogens with zero attached hydrogens (tertiary/aromatic N) is 4. The Morgan fingerprint density at radius 2 is 1.56 bits per heavy atom. The minimum Gasteiger partial charge on any atom is -0.539 e. The number of carbonyl (C=O) groups is 1. The molecule has 0 atom stereocenters. The van der Waals surface area contributed by atoms with E-state index in [1.165, 1.54) is 4.68 Å².